The molecule has 0 N–H and O–H groups in total. The van der Waals surface area contributed by atoms with E-state index in [1.54, 1.807) is 0 Å². The van der Waals surface area contributed by atoms with Gasteiger partial charge in [-0.15, -0.1) is 0 Å². The van der Waals surface area contributed by atoms with Crippen LogP contribution in [0.15, 0.2) is 30.3 Å². The van der Waals surface area contributed by atoms with Crippen molar-refractivity contribution in [3.63, 3.8) is 0 Å². The molecular weight excluding hydrogens is 203 g/mol. The Morgan fingerprint density at radius 1 is 1.00 bits per heavy atom. The van der Waals surface area contributed by atoms with Crippen molar-refractivity contribution in [2.75, 3.05) is 12.3 Å². The molecular formula is C13H21OP. The summed E-state index contributed by atoms with van der Waals surface area (Å²) in [7, 11) is -1.94. The van der Waals surface area contributed by atoms with Gasteiger partial charge in [-0.3, -0.25) is 0 Å². The molecule has 0 unspecified atom stereocenters. The van der Waals surface area contributed by atoms with E-state index in [-0.39, 0.29) is 0 Å². The lowest BCUT2D eigenvalue weighted by Gasteiger charge is -2.16. The number of hydrogen-bond donors (Lipinski definition) is 0. The summed E-state index contributed by atoms with van der Waals surface area (Å²) in [5.41, 5.74) is 1.22. The van der Waals surface area contributed by atoms with Crippen molar-refractivity contribution in [1.82, 2.24) is 0 Å². The van der Waals surface area contributed by atoms with Crippen LogP contribution in [-0.2, 0) is 10.7 Å². The monoisotopic (exact) mass is 224 g/mol. The minimum atomic E-state index is -1.94. The molecule has 0 amide bonds. The summed E-state index contributed by atoms with van der Waals surface area (Å²) in [6, 6.07) is 10.2. The smallest absolute Gasteiger partial charge is 0.0919 e. The van der Waals surface area contributed by atoms with Crippen LogP contribution in [0, 0.1) is 0 Å². The Kier molecular flexibility index (Phi) is 5.11. The van der Waals surface area contributed by atoms with Crippen molar-refractivity contribution in [3.8, 4) is 0 Å². The van der Waals surface area contributed by atoms with E-state index in [9.17, 15) is 4.57 Å². The molecule has 0 bridgehead atoms. The van der Waals surface area contributed by atoms with Crippen LogP contribution in [0.1, 0.15) is 32.3 Å². The molecule has 1 aromatic carbocycles. The minimum Gasteiger partial charge on any atom is -0.323 e. The molecule has 84 valence electrons. The maximum atomic E-state index is 12.6. The Hall–Kier alpha value is -0.550. The largest absolute Gasteiger partial charge is 0.323 e. The fraction of sp³-hybridized carbons (Fsp3) is 0.538. The van der Waals surface area contributed by atoms with Crippen LogP contribution in [-0.4, -0.2) is 12.3 Å². The molecule has 0 aliphatic rings. The highest BCUT2D eigenvalue weighted by atomic mass is 31.2. The molecule has 1 nitrogen and oxygen atoms in total. The summed E-state index contributed by atoms with van der Waals surface area (Å²) in [5, 5.41) is 0. The highest BCUT2D eigenvalue weighted by Crippen LogP contribution is 2.49. The van der Waals surface area contributed by atoms with E-state index in [0.717, 1.165) is 31.3 Å². The van der Waals surface area contributed by atoms with E-state index in [0.29, 0.717) is 0 Å². The van der Waals surface area contributed by atoms with Gasteiger partial charge in [0, 0.05) is 18.5 Å². The SMILES string of the molecule is CCCP(=O)(CCC)Cc1ccccc1. The van der Waals surface area contributed by atoms with Gasteiger partial charge in [-0.05, 0) is 18.4 Å². The fourth-order valence-electron chi connectivity index (χ4n) is 2.00. The van der Waals surface area contributed by atoms with Crippen LogP contribution in [0.4, 0.5) is 0 Å². The van der Waals surface area contributed by atoms with Crippen molar-refractivity contribution >= 4 is 7.14 Å². The normalized spacial score (nSPS) is 11.6. The highest BCUT2D eigenvalue weighted by Gasteiger charge is 2.19. The van der Waals surface area contributed by atoms with Crippen LogP contribution in [0.2, 0.25) is 0 Å². The van der Waals surface area contributed by atoms with Crippen LogP contribution < -0.4 is 0 Å². The zero-order valence-electron chi connectivity index (χ0n) is 9.78. The molecule has 0 atom stereocenters. The second kappa shape index (κ2) is 6.12. The lowest BCUT2D eigenvalue weighted by atomic mass is 10.2. The third kappa shape index (κ3) is 4.22. The minimum absolute atomic E-state index is 0.787. The van der Waals surface area contributed by atoms with Gasteiger partial charge in [0.25, 0.3) is 0 Å². The van der Waals surface area contributed by atoms with Gasteiger partial charge < -0.3 is 4.57 Å². The molecule has 0 spiro atoms. The third-order valence-electron chi connectivity index (χ3n) is 2.58. The fourth-order valence-corrected chi connectivity index (χ4v) is 5.05. The lowest BCUT2D eigenvalue weighted by Crippen LogP contribution is -1.98. The van der Waals surface area contributed by atoms with Crippen LogP contribution >= 0.6 is 7.14 Å². The first-order valence-corrected chi connectivity index (χ1v) is 8.07. The Balaban J connectivity index is 2.71. The van der Waals surface area contributed by atoms with E-state index < -0.39 is 7.14 Å². The van der Waals surface area contributed by atoms with Gasteiger partial charge in [-0.2, -0.15) is 0 Å². The summed E-state index contributed by atoms with van der Waals surface area (Å²) < 4.78 is 12.6. The van der Waals surface area contributed by atoms with Crippen molar-refractivity contribution in [2.24, 2.45) is 0 Å². The first-order valence-electron chi connectivity index (χ1n) is 5.81. The van der Waals surface area contributed by atoms with Crippen LogP contribution in [0.25, 0.3) is 0 Å². The molecule has 1 aromatic rings. The summed E-state index contributed by atoms with van der Waals surface area (Å²) in [6.07, 6.45) is 4.65. The number of hydrogen-bond acceptors (Lipinski definition) is 1. The topological polar surface area (TPSA) is 17.1 Å². The number of rotatable bonds is 6. The third-order valence-corrected chi connectivity index (χ3v) is 6.04. The average Bonchev–Trinajstić information content (AvgIpc) is 2.19. The molecule has 0 fully saturated rings. The zero-order chi connectivity index (χ0) is 11.1. The van der Waals surface area contributed by atoms with Gasteiger partial charge in [0.1, 0.15) is 0 Å². The van der Waals surface area contributed by atoms with Crippen molar-refractivity contribution < 1.29 is 4.57 Å². The molecule has 15 heavy (non-hydrogen) atoms. The second-order valence-electron chi connectivity index (χ2n) is 4.15. The summed E-state index contributed by atoms with van der Waals surface area (Å²) >= 11 is 0. The van der Waals surface area contributed by atoms with Crippen LogP contribution in [0.5, 0.6) is 0 Å². The van der Waals surface area contributed by atoms with E-state index in [2.05, 4.69) is 26.0 Å². The van der Waals surface area contributed by atoms with Gasteiger partial charge in [0.05, 0.1) is 7.14 Å². The van der Waals surface area contributed by atoms with Gasteiger partial charge >= 0.3 is 0 Å². The molecule has 1 rings (SSSR count). The van der Waals surface area contributed by atoms with E-state index in [4.69, 9.17) is 0 Å². The zero-order valence-corrected chi connectivity index (χ0v) is 10.7. The molecule has 0 heterocycles. The Bertz CT molecular complexity index is 309. The Morgan fingerprint density at radius 2 is 1.53 bits per heavy atom. The maximum Gasteiger partial charge on any atom is 0.0919 e. The van der Waals surface area contributed by atoms with Gasteiger partial charge in [-0.1, -0.05) is 44.2 Å². The molecule has 0 aliphatic carbocycles. The van der Waals surface area contributed by atoms with E-state index >= 15 is 0 Å². The molecule has 0 aliphatic heterocycles. The predicted octanol–water partition coefficient (Wildman–Crippen LogP) is 4.37. The average molecular weight is 224 g/mol. The quantitative estimate of drug-likeness (QED) is 0.656. The lowest BCUT2D eigenvalue weighted by molar-refractivity contribution is 0.571. The maximum absolute atomic E-state index is 12.6. The highest BCUT2D eigenvalue weighted by molar-refractivity contribution is 7.63. The standard InChI is InChI=1S/C13H21OP/c1-3-10-15(14,11-4-2)12-13-8-6-5-7-9-13/h5-9H,3-4,10-12H2,1-2H3. The molecule has 0 saturated carbocycles. The molecule has 0 saturated heterocycles. The Morgan fingerprint density at radius 3 is 2.00 bits per heavy atom. The summed E-state index contributed by atoms with van der Waals surface area (Å²) in [4.78, 5) is 0. The van der Waals surface area contributed by atoms with Gasteiger partial charge in [0.15, 0.2) is 0 Å². The second-order valence-corrected chi connectivity index (χ2v) is 7.48. The van der Waals surface area contributed by atoms with E-state index in [1.807, 2.05) is 18.2 Å². The van der Waals surface area contributed by atoms with Crippen molar-refractivity contribution in [3.05, 3.63) is 35.9 Å². The first-order chi connectivity index (χ1) is 7.20. The molecule has 2 heteroatoms. The molecule has 0 aromatic heterocycles. The van der Waals surface area contributed by atoms with Gasteiger partial charge in [-0.25, -0.2) is 0 Å². The van der Waals surface area contributed by atoms with Gasteiger partial charge in [0.2, 0.25) is 0 Å². The van der Waals surface area contributed by atoms with E-state index in [1.165, 1.54) is 5.56 Å². The van der Waals surface area contributed by atoms with Crippen molar-refractivity contribution in [1.29, 1.82) is 0 Å². The summed E-state index contributed by atoms with van der Waals surface area (Å²) in [6.45, 7) is 4.24. The summed E-state index contributed by atoms with van der Waals surface area (Å²) in [5.74, 6) is 0. The number of benzene rings is 1. The first kappa shape index (κ1) is 12.5. The van der Waals surface area contributed by atoms with Crippen molar-refractivity contribution in [2.45, 2.75) is 32.9 Å². The predicted molar refractivity (Wildman–Crippen MR) is 68.1 cm³/mol. The molecule has 0 radical (unpaired) electrons. The Labute approximate surface area is 93.3 Å². The van der Waals surface area contributed by atoms with Crippen LogP contribution in [0.3, 0.4) is 0 Å².